The van der Waals surface area contributed by atoms with Crippen molar-refractivity contribution >= 4 is 0 Å². The van der Waals surface area contributed by atoms with E-state index in [1.54, 1.807) is 5.06 Å². The van der Waals surface area contributed by atoms with Crippen LogP contribution in [-0.2, 0) is 4.84 Å². The Morgan fingerprint density at radius 2 is 2.55 bits per heavy atom. The van der Waals surface area contributed by atoms with Crippen LogP contribution in [0.3, 0.4) is 0 Å². The van der Waals surface area contributed by atoms with Gasteiger partial charge in [-0.1, -0.05) is 19.1 Å². The number of rotatable bonds is 3. The van der Waals surface area contributed by atoms with Gasteiger partial charge in [-0.15, -0.1) is 0 Å². The predicted molar refractivity (Wildman–Crippen MR) is 43.0 cm³/mol. The summed E-state index contributed by atoms with van der Waals surface area (Å²) in [6.45, 7) is 7.70. The van der Waals surface area contributed by atoms with Crippen molar-refractivity contribution in [1.82, 2.24) is 5.06 Å². The van der Waals surface area contributed by atoms with E-state index in [1.165, 1.54) is 0 Å². The molecular formula is C8H15NO2. The Morgan fingerprint density at radius 1 is 1.82 bits per heavy atom. The SMILES string of the molecule is C=C(CC)CN1C[C@H](O)CO1. The second-order valence-corrected chi connectivity index (χ2v) is 2.88. The van der Waals surface area contributed by atoms with E-state index in [4.69, 9.17) is 9.94 Å². The highest BCUT2D eigenvalue weighted by Gasteiger charge is 2.20. The van der Waals surface area contributed by atoms with Crippen molar-refractivity contribution in [3.8, 4) is 0 Å². The molecule has 0 aromatic heterocycles. The molecule has 1 aliphatic rings. The van der Waals surface area contributed by atoms with Crippen LogP contribution in [0, 0.1) is 0 Å². The first-order valence-electron chi connectivity index (χ1n) is 3.95. The Labute approximate surface area is 67.2 Å². The van der Waals surface area contributed by atoms with Crippen LogP contribution in [0.25, 0.3) is 0 Å². The normalized spacial score (nSPS) is 25.8. The zero-order valence-electron chi connectivity index (χ0n) is 6.92. The average Bonchev–Trinajstić information content (AvgIpc) is 2.35. The molecule has 1 N–H and O–H groups in total. The van der Waals surface area contributed by atoms with E-state index in [2.05, 4.69) is 13.5 Å². The molecule has 0 bridgehead atoms. The molecule has 1 heterocycles. The molecule has 0 aromatic carbocycles. The van der Waals surface area contributed by atoms with E-state index in [0.717, 1.165) is 18.5 Å². The lowest BCUT2D eigenvalue weighted by atomic mass is 10.2. The van der Waals surface area contributed by atoms with Crippen LogP contribution in [0.1, 0.15) is 13.3 Å². The van der Waals surface area contributed by atoms with Gasteiger partial charge >= 0.3 is 0 Å². The fourth-order valence-corrected chi connectivity index (χ4v) is 1.00. The van der Waals surface area contributed by atoms with Crippen LogP contribution < -0.4 is 0 Å². The monoisotopic (exact) mass is 157 g/mol. The van der Waals surface area contributed by atoms with Gasteiger partial charge in [-0.05, 0) is 6.42 Å². The fraction of sp³-hybridized carbons (Fsp3) is 0.750. The summed E-state index contributed by atoms with van der Waals surface area (Å²) in [5.41, 5.74) is 1.14. The highest BCUT2D eigenvalue weighted by molar-refractivity contribution is 4.95. The number of hydrogen-bond acceptors (Lipinski definition) is 3. The highest BCUT2D eigenvalue weighted by Crippen LogP contribution is 2.08. The molecule has 3 heteroatoms. The Hall–Kier alpha value is -0.380. The van der Waals surface area contributed by atoms with Crippen molar-refractivity contribution in [1.29, 1.82) is 0 Å². The summed E-state index contributed by atoms with van der Waals surface area (Å²) >= 11 is 0. The van der Waals surface area contributed by atoms with Gasteiger partial charge < -0.3 is 5.11 Å². The first-order chi connectivity index (χ1) is 5.22. The molecular weight excluding hydrogens is 142 g/mol. The summed E-state index contributed by atoms with van der Waals surface area (Å²) in [5.74, 6) is 0. The first-order valence-corrected chi connectivity index (χ1v) is 3.95. The van der Waals surface area contributed by atoms with Gasteiger partial charge in [0, 0.05) is 6.54 Å². The summed E-state index contributed by atoms with van der Waals surface area (Å²) in [6.07, 6.45) is 0.648. The van der Waals surface area contributed by atoms with E-state index < -0.39 is 0 Å². The van der Waals surface area contributed by atoms with Crippen LogP contribution in [0.2, 0.25) is 0 Å². The Balaban J connectivity index is 2.23. The first kappa shape index (κ1) is 8.71. The van der Waals surface area contributed by atoms with E-state index in [9.17, 15) is 0 Å². The molecule has 0 spiro atoms. The largest absolute Gasteiger partial charge is 0.389 e. The van der Waals surface area contributed by atoms with Gasteiger partial charge in [0.15, 0.2) is 0 Å². The van der Waals surface area contributed by atoms with E-state index in [-0.39, 0.29) is 6.10 Å². The summed E-state index contributed by atoms with van der Waals surface area (Å²) in [4.78, 5) is 5.16. The van der Waals surface area contributed by atoms with Gasteiger partial charge in [-0.2, -0.15) is 5.06 Å². The number of β-amino-alcohol motifs (C(OH)–C–C–N with tert-alkyl or cyclic N) is 1. The van der Waals surface area contributed by atoms with E-state index in [0.29, 0.717) is 13.2 Å². The number of hydroxylamine groups is 2. The molecule has 0 amide bonds. The average molecular weight is 157 g/mol. The predicted octanol–water partition coefficient (Wildman–Crippen LogP) is 0.561. The maximum atomic E-state index is 9.09. The molecule has 11 heavy (non-hydrogen) atoms. The van der Waals surface area contributed by atoms with Crippen molar-refractivity contribution < 1.29 is 9.94 Å². The quantitative estimate of drug-likeness (QED) is 0.608. The fourth-order valence-electron chi connectivity index (χ4n) is 1.00. The Morgan fingerprint density at radius 3 is 3.00 bits per heavy atom. The van der Waals surface area contributed by atoms with Crippen LogP contribution in [0.15, 0.2) is 12.2 Å². The van der Waals surface area contributed by atoms with Crippen LogP contribution in [0.4, 0.5) is 0 Å². The Bertz CT molecular complexity index is 147. The van der Waals surface area contributed by atoms with Crippen molar-refractivity contribution in [2.24, 2.45) is 0 Å². The second-order valence-electron chi connectivity index (χ2n) is 2.88. The molecule has 0 radical (unpaired) electrons. The zero-order valence-corrected chi connectivity index (χ0v) is 6.92. The minimum absolute atomic E-state index is 0.320. The number of nitrogens with zero attached hydrogens (tertiary/aromatic N) is 1. The minimum Gasteiger partial charge on any atom is -0.389 e. The number of aliphatic hydroxyl groups is 1. The maximum absolute atomic E-state index is 9.09. The molecule has 0 aromatic rings. The molecule has 3 nitrogen and oxygen atoms in total. The number of aliphatic hydroxyl groups excluding tert-OH is 1. The van der Waals surface area contributed by atoms with Crippen molar-refractivity contribution in [2.45, 2.75) is 19.4 Å². The van der Waals surface area contributed by atoms with Gasteiger partial charge in [0.2, 0.25) is 0 Å². The lowest BCUT2D eigenvalue weighted by Gasteiger charge is -2.13. The van der Waals surface area contributed by atoms with E-state index >= 15 is 0 Å². The van der Waals surface area contributed by atoms with Gasteiger partial charge in [0.25, 0.3) is 0 Å². The molecule has 1 fully saturated rings. The summed E-state index contributed by atoms with van der Waals surface area (Å²) in [7, 11) is 0. The standard InChI is InChI=1S/C8H15NO2/c1-3-7(2)4-9-5-8(10)6-11-9/h8,10H,2-6H2,1H3/t8-/m0/s1. The Kier molecular flexibility index (Phi) is 3.05. The molecule has 1 saturated heterocycles. The molecule has 1 rings (SSSR count). The number of hydrogen-bond donors (Lipinski definition) is 1. The minimum atomic E-state index is -0.320. The van der Waals surface area contributed by atoms with Crippen LogP contribution in [-0.4, -0.2) is 36.0 Å². The van der Waals surface area contributed by atoms with E-state index in [1.807, 2.05) is 0 Å². The van der Waals surface area contributed by atoms with Crippen LogP contribution >= 0.6 is 0 Å². The third kappa shape index (κ3) is 2.61. The topological polar surface area (TPSA) is 32.7 Å². The van der Waals surface area contributed by atoms with Crippen molar-refractivity contribution in [2.75, 3.05) is 19.7 Å². The summed E-state index contributed by atoms with van der Waals surface area (Å²) in [5, 5.41) is 10.8. The smallest absolute Gasteiger partial charge is 0.0958 e. The van der Waals surface area contributed by atoms with Crippen molar-refractivity contribution in [3.63, 3.8) is 0 Å². The van der Waals surface area contributed by atoms with Gasteiger partial charge in [0.1, 0.15) is 0 Å². The lowest BCUT2D eigenvalue weighted by Crippen LogP contribution is -2.22. The zero-order chi connectivity index (χ0) is 8.27. The van der Waals surface area contributed by atoms with Gasteiger partial charge in [0.05, 0.1) is 19.3 Å². The van der Waals surface area contributed by atoms with Crippen molar-refractivity contribution in [3.05, 3.63) is 12.2 Å². The molecule has 0 saturated carbocycles. The molecule has 1 aliphatic heterocycles. The second kappa shape index (κ2) is 3.85. The summed E-state index contributed by atoms with van der Waals surface area (Å²) in [6, 6.07) is 0. The van der Waals surface area contributed by atoms with Gasteiger partial charge in [-0.3, -0.25) is 4.84 Å². The van der Waals surface area contributed by atoms with Crippen LogP contribution in [0.5, 0.6) is 0 Å². The lowest BCUT2D eigenvalue weighted by molar-refractivity contribution is -0.103. The third-order valence-electron chi connectivity index (χ3n) is 1.76. The summed E-state index contributed by atoms with van der Waals surface area (Å²) < 4.78 is 0. The maximum Gasteiger partial charge on any atom is 0.0958 e. The third-order valence-corrected chi connectivity index (χ3v) is 1.76. The molecule has 64 valence electrons. The van der Waals surface area contributed by atoms with Gasteiger partial charge in [-0.25, -0.2) is 0 Å². The molecule has 0 unspecified atom stereocenters. The highest BCUT2D eigenvalue weighted by atomic mass is 16.7. The molecule has 0 aliphatic carbocycles. The molecule has 1 atom stereocenters.